The highest BCUT2D eigenvalue weighted by Crippen LogP contribution is 2.25. The van der Waals surface area contributed by atoms with Crippen LogP contribution in [0.3, 0.4) is 0 Å². The molecule has 1 aliphatic rings. The first-order valence-electron chi connectivity index (χ1n) is 5.75. The lowest BCUT2D eigenvalue weighted by atomic mass is 9.92. The maximum atomic E-state index is 11.0. The second kappa shape index (κ2) is 5.06. The van der Waals surface area contributed by atoms with Crippen molar-refractivity contribution in [3.63, 3.8) is 0 Å². The molecule has 17 heavy (non-hydrogen) atoms. The minimum Gasteiger partial charge on any atom is -0.383 e. The Hall–Kier alpha value is -1.07. The summed E-state index contributed by atoms with van der Waals surface area (Å²) in [4.78, 5) is 0. The number of benzene rings is 1. The third-order valence-electron chi connectivity index (χ3n) is 2.90. The fourth-order valence-corrected chi connectivity index (χ4v) is 2.57. The Morgan fingerprint density at radius 1 is 1.29 bits per heavy atom. The fourth-order valence-electron chi connectivity index (χ4n) is 2.11. The summed E-state index contributed by atoms with van der Waals surface area (Å²) in [6.45, 7) is 2.08. The quantitative estimate of drug-likeness (QED) is 0.831. The number of nitrogens with one attached hydrogen (secondary N) is 1. The predicted octanol–water partition coefficient (Wildman–Crippen LogP) is 1.49. The van der Waals surface area contributed by atoms with E-state index in [1.54, 1.807) is 12.1 Å². The number of hydrogen-bond donors (Lipinski definition) is 1. The van der Waals surface area contributed by atoms with Crippen molar-refractivity contribution in [1.82, 2.24) is 5.32 Å². The zero-order valence-electron chi connectivity index (χ0n) is 9.85. The predicted molar refractivity (Wildman–Crippen MR) is 66.8 cm³/mol. The molecular weight excluding hydrogens is 238 g/mol. The number of rotatable bonds is 3. The molecule has 4 nitrogen and oxygen atoms in total. The molecule has 1 aliphatic heterocycles. The van der Waals surface area contributed by atoms with Gasteiger partial charge in [-0.3, -0.25) is 0 Å². The Labute approximate surface area is 102 Å². The van der Waals surface area contributed by atoms with E-state index in [0.29, 0.717) is 11.7 Å². The molecule has 1 unspecified atom stereocenters. The van der Waals surface area contributed by atoms with Crippen LogP contribution in [0.5, 0.6) is 5.75 Å². The lowest BCUT2D eigenvalue weighted by Crippen LogP contribution is -2.28. The summed E-state index contributed by atoms with van der Waals surface area (Å²) in [5.41, 5.74) is 1.23. The topological polar surface area (TPSA) is 55.4 Å². The summed E-state index contributed by atoms with van der Waals surface area (Å²) < 4.78 is 26.7. The largest absolute Gasteiger partial charge is 0.383 e. The van der Waals surface area contributed by atoms with E-state index >= 15 is 0 Å². The summed E-state index contributed by atoms with van der Waals surface area (Å²) in [5.74, 6) is 0.899. The van der Waals surface area contributed by atoms with E-state index in [0.717, 1.165) is 19.3 Å². The first kappa shape index (κ1) is 12.4. The van der Waals surface area contributed by atoms with Gasteiger partial charge in [-0.05, 0) is 43.0 Å². The Balaban J connectivity index is 2.07. The van der Waals surface area contributed by atoms with Gasteiger partial charge in [-0.25, -0.2) is 0 Å². The average Bonchev–Trinajstić information content (AvgIpc) is 2.29. The van der Waals surface area contributed by atoms with Crippen molar-refractivity contribution in [3.8, 4) is 5.75 Å². The summed E-state index contributed by atoms with van der Waals surface area (Å²) in [7, 11) is -3.43. The Morgan fingerprint density at radius 3 is 2.53 bits per heavy atom. The molecule has 1 heterocycles. The van der Waals surface area contributed by atoms with E-state index in [-0.39, 0.29) is 0 Å². The van der Waals surface area contributed by atoms with Crippen molar-refractivity contribution in [2.45, 2.75) is 18.8 Å². The van der Waals surface area contributed by atoms with E-state index in [2.05, 4.69) is 5.32 Å². The molecule has 5 heteroatoms. The van der Waals surface area contributed by atoms with E-state index < -0.39 is 10.1 Å². The van der Waals surface area contributed by atoms with Gasteiger partial charge in [-0.2, -0.15) is 8.42 Å². The van der Waals surface area contributed by atoms with Gasteiger partial charge in [0.2, 0.25) is 0 Å². The lowest BCUT2D eigenvalue weighted by Gasteiger charge is -2.23. The Kier molecular flexibility index (Phi) is 3.69. The monoisotopic (exact) mass is 255 g/mol. The zero-order valence-corrected chi connectivity index (χ0v) is 10.7. The molecule has 1 aromatic rings. The van der Waals surface area contributed by atoms with Gasteiger partial charge in [-0.1, -0.05) is 12.1 Å². The van der Waals surface area contributed by atoms with Crippen molar-refractivity contribution in [3.05, 3.63) is 29.8 Å². The summed E-state index contributed by atoms with van der Waals surface area (Å²) in [6, 6.07) is 7.31. The van der Waals surface area contributed by atoms with E-state index in [9.17, 15) is 8.42 Å². The number of hydrogen-bond acceptors (Lipinski definition) is 4. The smallest absolute Gasteiger partial charge is 0.306 e. The van der Waals surface area contributed by atoms with Crippen LogP contribution in [-0.2, 0) is 10.1 Å². The zero-order chi connectivity index (χ0) is 12.3. The van der Waals surface area contributed by atoms with Gasteiger partial charge >= 0.3 is 10.1 Å². The van der Waals surface area contributed by atoms with E-state index in [1.807, 2.05) is 12.1 Å². The first-order chi connectivity index (χ1) is 8.04. The van der Waals surface area contributed by atoms with Crippen molar-refractivity contribution in [2.75, 3.05) is 19.3 Å². The fraction of sp³-hybridized carbons (Fsp3) is 0.500. The number of piperidine rings is 1. The molecule has 0 spiro atoms. The van der Waals surface area contributed by atoms with Gasteiger partial charge in [0, 0.05) is 6.54 Å². The van der Waals surface area contributed by atoms with Crippen LogP contribution in [-0.4, -0.2) is 27.8 Å². The van der Waals surface area contributed by atoms with Crippen molar-refractivity contribution < 1.29 is 12.6 Å². The summed E-state index contributed by atoms with van der Waals surface area (Å²) >= 11 is 0. The van der Waals surface area contributed by atoms with Crippen molar-refractivity contribution in [1.29, 1.82) is 0 Å². The second-order valence-electron chi connectivity index (χ2n) is 4.40. The standard InChI is InChI=1S/C12H17NO3S/c1-17(14,15)16-12-6-4-10(5-7-12)11-3-2-8-13-9-11/h4-7,11,13H,2-3,8-9H2,1H3. The van der Waals surface area contributed by atoms with Crippen LogP contribution in [0.2, 0.25) is 0 Å². The molecule has 0 amide bonds. The maximum Gasteiger partial charge on any atom is 0.306 e. The third kappa shape index (κ3) is 3.71. The molecule has 1 aromatic carbocycles. The molecule has 1 atom stereocenters. The molecule has 1 saturated heterocycles. The first-order valence-corrected chi connectivity index (χ1v) is 7.56. The van der Waals surface area contributed by atoms with Gasteiger partial charge < -0.3 is 9.50 Å². The van der Waals surface area contributed by atoms with Crippen molar-refractivity contribution >= 4 is 10.1 Å². The lowest BCUT2D eigenvalue weighted by molar-refractivity contribution is 0.460. The van der Waals surface area contributed by atoms with Gasteiger partial charge in [-0.15, -0.1) is 0 Å². The molecule has 0 radical (unpaired) electrons. The molecular formula is C12H17NO3S. The molecule has 2 rings (SSSR count). The van der Waals surface area contributed by atoms with Gasteiger partial charge in [0.15, 0.2) is 0 Å². The van der Waals surface area contributed by atoms with Crippen LogP contribution < -0.4 is 9.50 Å². The molecule has 0 saturated carbocycles. The van der Waals surface area contributed by atoms with E-state index in [4.69, 9.17) is 4.18 Å². The second-order valence-corrected chi connectivity index (χ2v) is 5.97. The van der Waals surface area contributed by atoms with Crippen LogP contribution in [0.15, 0.2) is 24.3 Å². The molecule has 1 N–H and O–H groups in total. The van der Waals surface area contributed by atoms with E-state index in [1.165, 1.54) is 18.4 Å². The van der Waals surface area contributed by atoms with Crippen LogP contribution >= 0.6 is 0 Å². The molecule has 94 valence electrons. The third-order valence-corrected chi connectivity index (χ3v) is 3.39. The normalized spacial score (nSPS) is 21.1. The van der Waals surface area contributed by atoms with Gasteiger partial charge in [0.05, 0.1) is 6.26 Å². The minimum absolute atomic E-state index is 0.375. The van der Waals surface area contributed by atoms with Gasteiger partial charge in [0.1, 0.15) is 5.75 Å². The Morgan fingerprint density at radius 2 is 2.00 bits per heavy atom. The van der Waals surface area contributed by atoms with Crippen LogP contribution in [0.25, 0.3) is 0 Å². The molecule has 0 bridgehead atoms. The minimum atomic E-state index is -3.43. The van der Waals surface area contributed by atoms with Crippen LogP contribution in [0.4, 0.5) is 0 Å². The van der Waals surface area contributed by atoms with Crippen molar-refractivity contribution in [2.24, 2.45) is 0 Å². The molecule has 1 fully saturated rings. The average molecular weight is 255 g/mol. The Bertz CT molecular complexity index is 461. The molecule has 0 aromatic heterocycles. The summed E-state index contributed by atoms with van der Waals surface area (Å²) in [6.07, 6.45) is 3.41. The van der Waals surface area contributed by atoms with Crippen LogP contribution in [0, 0.1) is 0 Å². The van der Waals surface area contributed by atoms with Crippen LogP contribution in [0.1, 0.15) is 24.3 Å². The molecule has 0 aliphatic carbocycles. The highest BCUT2D eigenvalue weighted by atomic mass is 32.2. The highest BCUT2D eigenvalue weighted by Gasteiger charge is 2.15. The SMILES string of the molecule is CS(=O)(=O)Oc1ccc(C2CCCNC2)cc1. The van der Waals surface area contributed by atoms with Gasteiger partial charge in [0.25, 0.3) is 0 Å². The summed E-state index contributed by atoms with van der Waals surface area (Å²) in [5, 5.41) is 3.36. The highest BCUT2D eigenvalue weighted by molar-refractivity contribution is 7.86. The maximum absolute atomic E-state index is 11.0.